The van der Waals surface area contributed by atoms with Crippen LogP contribution in [-0.2, 0) is 6.54 Å². The molecule has 0 amide bonds. The molecule has 0 aliphatic heterocycles. The number of halogens is 2. The Morgan fingerprint density at radius 1 is 1.05 bits per heavy atom. The average Bonchev–Trinajstić information content (AvgIpc) is 2.36. The molecule has 2 nitrogen and oxygen atoms in total. The number of nitrogens with zero attached hydrogens (tertiary/aromatic N) is 1. The normalized spacial score (nSPS) is 10.5. The molecule has 0 bridgehead atoms. The summed E-state index contributed by atoms with van der Waals surface area (Å²) in [6.45, 7) is 3.09. The topological polar surface area (TPSA) is 29.3 Å². The van der Waals surface area contributed by atoms with Gasteiger partial charge in [-0.2, -0.15) is 0 Å². The monoisotopic (exact) mass is 262 g/mol. The highest BCUT2D eigenvalue weighted by Gasteiger charge is 2.09. The number of hydrogen-bond donors (Lipinski definition) is 1. The van der Waals surface area contributed by atoms with E-state index < -0.39 is 11.6 Å². The summed E-state index contributed by atoms with van der Waals surface area (Å²) in [7, 11) is 0. The summed E-state index contributed by atoms with van der Waals surface area (Å²) >= 11 is 0. The molecule has 0 heterocycles. The maximum absolute atomic E-state index is 13.2. The first kappa shape index (κ1) is 13.3. The van der Waals surface area contributed by atoms with E-state index in [1.807, 2.05) is 36.1 Å². The zero-order valence-corrected chi connectivity index (χ0v) is 10.7. The molecule has 100 valence electrons. The summed E-state index contributed by atoms with van der Waals surface area (Å²) in [5.74, 6) is -1.13. The summed E-state index contributed by atoms with van der Waals surface area (Å²) in [5, 5.41) is 0. The lowest BCUT2D eigenvalue weighted by Crippen LogP contribution is -2.23. The van der Waals surface area contributed by atoms with Gasteiger partial charge < -0.3 is 10.6 Å². The van der Waals surface area contributed by atoms with Crippen molar-refractivity contribution in [2.45, 2.75) is 13.5 Å². The van der Waals surface area contributed by atoms with Crippen LogP contribution in [0.5, 0.6) is 0 Å². The second kappa shape index (κ2) is 5.69. The molecule has 0 atom stereocenters. The second-order valence-electron chi connectivity index (χ2n) is 4.35. The molecule has 0 saturated heterocycles. The van der Waals surface area contributed by atoms with Crippen LogP contribution in [0.4, 0.5) is 20.2 Å². The second-order valence-corrected chi connectivity index (χ2v) is 4.35. The van der Waals surface area contributed by atoms with E-state index in [2.05, 4.69) is 0 Å². The van der Waals surface area contributed by atoms with Gasteiger partial charge in [-0.25, -0.2) is 8.78 Å². The van der Waals surface area contributed by atoms with Crippen molar-refractivity contribution in [2.75, 3.05) is 17.2 Å². The molecule has 0 unspecified atom stereocenters. The Kier molecular flexibility index (Phi) is 4.00. The smallest absolute Gasteiger partial charge is 0.126 e. The lowest BCUT2D eigenvalue weighted by molar-refractivity contribution is 0.579. The molecule has 0 spiro atoms. The molecule has 2 aromatic rings. The minimum absolute atomic E-state index is 0.416. The van der Waals surface area contributed by atoms with Crippen molar-refractivity contribution < 1.29 is 8.78 Å². The van der Waals surface area contributed by atoms with Gasteiger partial charge in [-0.05, 0) is 36.8 Å². The van der Waals surface area contributed by atoms with Crippen LogP contribution in [0.3, 0.4) is 0 Å². The van der Waals surface area contributed by atoms with Crippen LogP contribution < -0.4 is 10.6 Å². The molecule has 2 N–H and O–H groups in total. The third kappa shape index (κ3) is 3.22. The quantitative estimate of drug-likeness (QED) is 0.853. The highest BCUT2D eigenvalue weighted by molar-refractivity contribution is 5.67. The number of nitrogens with two attached hydrogens (primary N) is 1. The van der Waals surface area contributed by atoms with E-state index in [-0.39, 0.29) is 0 Å². The van der Waals surface area contributed by atoms with Gasteiger partial charge in [-0.1, -0.05) is 12.1 Å². The Hall–Kier alpha value is -2.10. The van der Waals surface area contributed by atoms with E-state index in [1.165, 1.54) is 12.1 Å². The van der Waals surface area contributed by atoms with Crippen molar-refractivity contribution in [3.8, 4) is 0 Å². The van der Waals surface area contributed by atoms with E-state index in [9.17, 15) is 8.78 Å². The molecule has 2 aromatic carbocycles. The van der Waals surface area contributed by atoms with E-state index >= 15 is 0 Å². The van der Waals surface area contributed by atoms with Crippen molar-refractivity contribution in [1.82, 2.24) is 0 Å². The van der Waals surface area contributed by atoms with Gasteiger partial charge >= 0.3 is 0 Å². The molecule has 0 radical (unpaired) electrons. The Morgan fingerprint density at radius 3 is 2.26 bits per heavy atom. The first-order chi connectivity index (χ1) is 9.10. The zero-order valence-electron chi connectivity index (χ0n) is 10.7. The van der Waals surface area contributed by atoms with E-state index in [0.717, 1.165) is 11.8 Å². The zero-order chi connectivity index (χ0) is 13.8. The lowest BCUT2D eigenvalue weighted by Gasteiger charge is -2.24. The number of anilines is 2. The molecule has 0 aliphatic rings. The van der Waals surface area contributed by atoms with Crippen LogP contribution in [-0.4, -0.2) is 6.54 Å². The number of rotatable bonds is 4. The van der Waals surface area contributed by atoms with Crippen molar-refractivity contribution in [2.24, 2.45) is 0 Å². The molecular formula is C15H16F2N2. The SMILES string of the molecule is CCN(Cc1cc(F)cc(F)c1)c1ccccc1N. The summed E-state index contributed by atoms with van der Waals surface area (Å²) < 4.78 is 26.4. The molecule has 0 aliphatic carbocycles. The number of nitrogen functional groups attached to an aromatic ring is 1. The van der Waals surface area contributed by atoms with Crippen LogP contribution in [0.2, 0.25) is 0 Å². The van der Waals surface area contributed by atoms with E-state index in [1.54, 1.807) is 0 Å². The van der Waals surface area contributed by atoms with Gasteiger partial charge in [0.25, 0.3) is 0 Å². The van der Waals surface area contributed by atoms with Crippen molar-refractivity contribution >= 4 is 11.4 Å². The molecule has 0 fully saturated rings. The standard InChI is InChI=1S/C15H16F2N2/c1-2-19(15-6-4-3-5-14(15)18)10-11-7-12(16)9-13(17)8-11/h3-9H,2,10,18H2,1H3. The minimum atomic E-state index is -0.563. The molecule has 0 saturated carbocycles. The van der Waals surface area contributed by atoms with Gasteiger partial charge in [0.2, 0.25) is 0 Å². The Labute approximate surface area is 111 Å². The van der Waals surface area contributed by atoms with Crippen LogP contribution in [0.15, 0.2) is 42.5 Å². The summed E-state index contributed by atoms with van der Waals surface area (Å²) in [5.41, 5.74) is 8.03. The highest BCUT2D eigenvalue weighted by Crippen LogP contribution is 2.24. The molecule has 19 heavy (non-hydrogen) atoms. The highest BCUT2D eigenvalue weighted by atomic mass is 19.1. The lowest BCUT2D eigenvalue weighted by atomic mass is 10.1. The number of para-hydroxylation sites is 2. The van der Waals surface area contributed by atoms with Gasteiger partial charge in [0.05, 0.1) is 11.4 Å². The molecular weight excluding hydrogens is 246 g/mol. The minimum Gasteiger partial charge on any atom is -0.397 e. The number of hydrogen-bond acceptors (Lipinski definition) is 2. The third-order valence-corrected chi connectivity index (χ3v) is 2.95. The van der Waals surface area contributed by atoms with Crippen molar-refractivity contribution in [3.63, 3.8) is 0 Å². The van der Waals surface area contributed by atoms with Gasteiger partial charge in [-0.3, -0.25) is 0 Å². The fourth-order valence-electron chi connectivity index (χ4n) is 2.07. The van der Waals surface area contributed by atoms with E-state index in [0.29, 0.717) is 24.3 Å². The number of benzene rings is 2. The average molecular weight is 262 g/mol. The summed E-state index contributed by atoms with van der Waals surface area (Å²) in [4.78, 5) is 1.98. The van der Waals surface area contributed by atoms with Crippen LogP contribution in [0.25, 0.3) is 0 Å². The predicted octanol–water partition coefficient (Wildman–Crippen LogP) is 3.57. The van der Waals surface area contributed by atoms with Gasteiger partial charge in [0.1, 0.15) is 11.6 Å². The fourth-order valence-corrected chi connectivity index (χ4v) is 2.07. The van der Waals surface area contributed by atoms with Gasteiger partial charge in [-0.15, -0.1) is 0 Å². The largest absolute Gasteiger partial charge is 0.397 e. The van der Waals surface area contributed by atoms with Crippen molar-refractivity contribution in [3.05, 3.63) is 59.7 Å². The maximum Gasteiger partial charge on any atom is 0.126 e. The molecule has 2 rings (SSSR count). The Bertz CT molecular complexity index is 550. The van der Waals surface area contributed by atoms with Gasteiger partial charge in [0, 0.05) is 19.2 Å². The van der Waals surface area contributed by atoms with Gasteiger partial charge in [0.15, 0.2) is 0 Å². The summed E-state index contributed by atoms with van der Waals surface area (Å²) in [6, 6.07) is 11.0. The van der Waals surface area contributed by atoms with Crippen molar-refractivity contribution in [1.29, 1.82) is 0 Å². The Balaban J connectivity index is 2.26. The molecule has 0 aromatic heterocycles. The fraction of sp³-hybridized carbons (Fsp3) is 0.200. The third-order valence-electron chi connectivity index (χ3n) is 2.95. The first-order valence-electron chi connectivity index (χ1n) is 6.14. The van der Waals surface area contributed by atoms with Crippen LogP contribution >= 0.6 is 0 Å². The first-order valence-corrected chi connectivity index (χ1v) is 6.14. The van der Waals surface area contributed by atoms with Crippen LogP contribution in [0.1, 0.15) is 12.5 Å². The Morgan fingerprint density at radius 2 is 1.68 bits per heavy atom. The van der Waals surface area contributed by atoms with Crippen LogP contribution in [0, 0.1) is 11.6 Å². The maximum atomic E-state index is 13.2. The predicted molar refractivity (Wildman–Crippen MR) is 73.9 cm³/mol. The van der Waals surface area contributed by atoms with E-state index in [4.69, 9.17) is 5.73 Å². The summed E-state index contributed by atoms with van der Waals surface area (Å²) in [6.07, 6.45) is 0. The molecule has 4 heteroatoms.